The minimum absolute atomic E-state index is 0.0264. The molecule has 1 aliphatic rings. The average molecular weight is 552 g/mol. The van der Waals surface area contributed by atoms with E-state index < -0.39 is 46.1 Å². The van der Waals surface area contributed by atoms with E-state index in [-0.39, 0.29) is 34.9 Å². The van der Waals surface area contributed by atoms with Crippen molar-refractivity contribution in [2.24, 2.45) is 5.92 Å². The first-order valence-electron chi connectivity index (χ1n) is 12.6. The third-order valence-electron chi connectivity index (χ3n) is 6.45. The summed E-state index contributed by atoms with van der Waals surface area (Å²) in [5, 5.41) is 2.85. The van der Waals surface area contributed by atoms with E-state index in [0.29, 0.717) is 10.8 Å². The molecule has 1 atom stereocenters. The first-order chi connectivity index (χ1) is 18.6. The summed E-state index contributed by atoms with van der Waals surface area (Å²) >= 11 is 0. The Labute approximate surface area is 227 Å². The largest absolute Gasteiger partial charge is 0.354 e. The van der Waals surface area contributed by atoms with Gasteiger partial charge in [-0.2, -0.15) is 0 Å². The van der Waals surface area contributed by atoms with Crippen LogP contribution in [-0.4, -0.2) is 54.5 Å². The van der Waals surface area contributed by atoms with Gasteiger partial charge < -0.3 is 10.2 Å². The average Bonchev–Trinajstić information content (AvgIpc) is 3.11. The number of sulfonamides is 1. The Balaban J connectivity index is 1.72. The number of fused-ring (bicyclic) bond motifs is 1. The molecular weight excluding hydrogens is 521 g/mol. The highest BCUT2D eigenvalue weighted by atomic mass is 32.2. The van der Waals surface area contributed by atoms with Crippen LogP contribution in [0, 0.1) is 11.7 Å². The lowest BCUT2D eigenvalue weighted by Crippen LogP contribution is -2.53. The second kappa shape index (κ2) is 11.8. The minimum atomic E-state index is -4.27. The van der Waals surface area contributed by atoms with Gasteiger partial charge in [-0.15, -0.1) is 0 Å². The molecule has 0 unspecified atom stereocenters. The molecule has 4 rings (SSSR count). The van der Waals surface area contributed by atoms with E-state index in [0.717, 1.165) is 10.5 Å². The monoisotopic (exact) mass is 551 g/mol. The third kappa shape index (κ3) is 6.17. The predicted octanol–water partition coefficient (Wildman–Crippen LogP) is 3.38. The van der Waals surface area contributed by atoms with Gasteiger partial charge in [0.15, 0.2) is 0 Å². The SMILES string of the molecule is CC(C)CNC(=O)[C@@H](Cc1ccccc1)N(Cc1ccccc1F)C(=O)CN1C(=O)c2ccccc2S1(=O)=O. The smallest absolute Gasteiger partial charge is 0.269 e. The zero-order chi connectivity index (χ0) is 28.2. The van der Waals surface area contributed by atoms with Crippen molar-refractivity contribution in [2.45, 2.75) is 37.8 Å². The summed E-state index contributed by atoms with van der Waals surface area (Å²) < 4.78 is 41.5. The molecule has 0 saturated carbocycles. The number of benzene rings is 3. The molecule has 1 heterocycles. The summed E-state index contributed by atoms with van der Waals surface area (Å²) in [5.74, 6) is -2.53. The molecule has 0 bridgehead atoms. The second-order valence-electron chi connectivity index (χ2n) is 9.77. The number of nitrogens with one attached hydrogen (secondary N) is 1. The van der Waals surface area contributed by atoms with Crippen LogP contribution in [0.2, 0.25) is 0 Å². The summed E-state index contributed by atoms with van der Waals surface area (Å²) in [4.78, 5) is 41.3. The summed E-state index contributed by atoms with van der Waals surface area (Å²) in [6.45, 7) is 3.08. The van der Waals surface area contributed by atoms with Crippen LogP contribution in [-0.2, 0) is 32.6 Å². The van der Waals surface area contributed by atoms with Gasteiger partial charge in [-0.3, -0.25) is 14.4 Å². The summed E-state index contributed by atoms with van der Waals surface area (Å²) in [6.07, 6.45) is 0.103. The number of hydrogen-bond acceptors (Lipinski definition) is 5. The fourth-order valence-electron chi connectivity index (χ4n) is 4.39. The fourth-order valence-corrected chi connectivity index (χ4v) is 5.91. The first-order valence-corrected chi connectivity index (χ1v) is 14.0. The zero-order valence-corrected chi connectivity index (χ0v) is 22.5. The van der Waals surface area contributed by atoms with Crippen LogP contribution in [0.25, 0.3) is 0 Å². The zero-order valence-electron chi connectivity index (χ0n) is 21.7. The lowest BCUT2D eigenvalue weighted by molar-refractivity contribution is -0.141. The fraction of sp³-hybridized carbons (Fsp3) is 0.276. The normalized spacial score (nSPS) is 14.7. The van der Waals surface area contributed by atoms with E-state index in [2.05, 4.69) is 5.32 Å². The number of rotatable bonds is 10. The van der Waals surface area contributed by atoms with Crippen LogP contribution in [0.4, 0.5) is 4.39 Å². The van der Waals surface area contributed by atoms with Gasteiger partial charge in [0.2, 0.25) is 11.8 Å². The molecule has 0 aliphatic carbocycles. The molecule has 0 spiro atoms. The molecule has 3 amide bonds. The number of amides is 3. The first kappa shape index (κ1) is 28.0. The highest BCUT2D eigenvalue weighted by Crippen LogP contribution is 2.30. The van der Waals surface area contributed by atoms with E-state index in [1.807, 2.05) is 19.9 Å². The number of halogens is 1. The highest BCUT2D eigenvalue weighted by molar-refractivity contribution is 7.90. The van der Waals surface area contributed by atoms with E-state index >= 15 is 0 Å². The maximum Gasteiger partial charge on any atom is 0.269 e. The van der Waals surface area contributed by atoms with Crippen LogP contribution in [0.3, 0.4) is 0 Å². The molecule has 10 heteroatoms. The van der Waals surface area contributed by atoms with Crippen molar-refractivity contribution in [1.82, 2.24) is 14.5 Å². The lowest BCUT2D eigenvalue weighted by atomic mass is 10.0. The molecule has 1 N–H and O–H groups in total. The van der Waals surface area contributed by atoms with Gasteiger partial charge in [0.05, 0.1) is 5.56 Å². The van der Waals surface area contributed by atoms with E-state index in [9.17, 15) is 27.2 Å². The third-order valence-corrected chi connectivity index (χ3v) is 8.23. The molecule has 3 aromatic carbocycles. The van der Waals surface area contributed by atoms with Crippen molar-refractivity contribution in [3.8, 4) is 0 Å². The Bertz CT molecular complexity index is 1480. The van der Waals surface area contributed by atoms with Crippen molar-refractivity contribution in [3.63, 3.8) is 0 Å². The van der Waals surface area contributed by atoms with E-state index in [1.165, 1.54) is 42.5 Å². The molecule has 3 aromatic rings. The maximum atomic E-state index is 14.7. The van der Waals surface area contributed by atoms with Gasteiger partial charge in [-0.1, -0.05) is 74.5 Å². The van der Waals surface area contributed by atoms with Gasteiger partial charge in [-0.05, 0) is 29.7 Å². The van der Waals surface area contributed by atoms with Crippen molar-refractivity contribution >= 4 is 27.7 Å². The molecule has 39 heavy (non-hydrogen) atoms. The van der Waals surface area contributed by atoms with Gasteiger partial charge in [-0.25, -0.2) is 17.1 Å². The van der Waals surface area contributed by atoms with Crippen molar-refractivity contribution < 1.29 is 27.2 Å². The van der Waals surface area contributed by atoms with Crippen molar-refractivity contribution in [1.29, 1.82) is 0 Å². The molecule has 8 nitrogen and oxygen atoms in total. The Kier molecular flexibility index (Phi) is 8.44. The van der Waals surface area contributed by atoms with Crippen molar-refractivity contribution in [2.75, 3.05) is 13.1 Å². The van der Waals surface area contributed by atoms with Crippen LogP contribution in [0.15, 0.2) is 83.8 Å². The molecular formula is C29H30FN3O5S. The quantitative estimate of drug-likeness (QED) is 0.416. The molecule has 0 radical (unpaired) electrons. The number of carbonyl (C=O) groups is 3. The van der Waals surface area contributed by atoms with E-state index in [4.69, 9.17) is 0 Å². The molecule has 1 aliphatic heterocycles. The summed E-state index contributed by atoms with van der Waals surface area (Å²) in [7, 11) is -4.27. The highest BCUT2D eigenvalue weighted by Gasteiger charge is 2.43. The van der Waals surface area contributed by atoms with Crippen LogP contribution < -0.4 is 5.32 Å². The Hall–Kier alpha value is -4.05. The number of hydrogen-bond donors (Lipinski definition) is 1. The predicted molar refractivity (Wildman–Crippen MR) is 143 cm³/mol. The number of carbonyl (C=O) groups excluding carboxylic acids is 3. The number of nitrogens with zero attached hydrogens (tertiary/aromatic N) is 2. The van der Waals surface area contributed by atoms with Crippen LogP contribution in [0.1, 0.15) is 35.3 Å². The topological polar surface area (TPSA) is 104 Å². The molecule has 0 fully saturated rings. The standard InChI is InChI=1S/C29H30FN3O5S/c1-20(2)17-31-28(35)25(16-21-10-4-3-5-11-21)32(18-22-12-6-8-14-24(22)30)27(34)19-33-29(36)23-13-7-9-15-26(23)39(33,37)38/h3-15,20,25H,16-19H2,1-2H3,(H,31,35)/t25-/m1/s1. The minimum Gasteiger partial charge on any atom is -0.354 e. The van der Waals surface area contributed by atoms with Gasteiger partial charge in [0, 0.05) is 25.1 Å². The van der Waals surface area contributed by atoms with Crippen molar-refractivity contribution in [3.05, 3.63) is 101 Å². The van der Waals surface area contributed by atoms with Gasteiger partial charge in [0.25, 0.3) is 15.9 Å². The molecule has 204 valence electrons. The maximum absolute atomic E-state index is 14.7. The van der Waals surface area contributed by atoms with E-state index in [1.54, 1.807) is 30.3 Å². The van der Waals surface area contributed by atoms with Crippen LogP contribution in [0.5, 0.6) is 0 Å². The van der Waals surface area contributed by atoms with Crippen LogP contribution >= 0.6 is 0 Å². The van der Waals surface area contributed by atoms with Gasteiger partial charge in [0.1, 0.15) is 23.3 Å². The van der Waals surface area contributed by atoms with Gasteiger partial charge >= 0.3 is 0 Å². The second-order valence-corrected chi connectivity index (χ2v) is 11.6. The summed E-state index contributed by atoms with van der Waals surface area (Å²) in [5.41, 5.74) is 0.881. The Morgan fingerprint density at radius 3 is 2.26 bits per heavy atom. The lowest BCUT2D eigenvalue weighted by Gasteiger charge is -2.32. The molecule has 0 saturated heterocycles. The summed E-state index contributed by atoms with van der Waals surface area (Å²) in [6, 6.07) is 19.5. The Morgan fingerprint density at radius 1 is 0.949 bits per heavy atom. The molecule has 0 aromatic heterocycles. The Morgan fingerprint density at radius 2 is 1.59 bits per heavy atom.